The van der Waals surface area contributed by atoms with E-state index < -0.39 is 0 Å². The lowest BCUT2D eigenvalue weighted by molar-refractivity contribution is -0.123. The van der Waals surface area contributed by atoms with Crippen LogP contribution in [0.1, 0.15) is 37.8 Å². The molecule has 3 aromatic rings. The zero-order valence-electron chi connectivity index (χ0n) is 13.7. The predicted octanol–water partition coefficient (Wildman–Crippen LogP) is 3.80. The number of halogens is 1. The smallest absolute Gasteiger partial charge is 0.305 e. The highest BCUT2D eigenvalue weighted by Crippen LogP contribution is 2.30. The predicted molar refractivity (Wildman–Crippen MR) is 90.3 cm³/mol. The minimum Gasteiger partial charge on any atom is -0.423 e. The van der Waals surface area contributed by atoms with E-state index in [-0.39, 0.29) is 23.7 Å². The number of anilines is 1. The van der Waals surface area contributed by atoms with Gasteiger partial charge in [-0.2, -0.15) is 4.98 Å². The van der Waals surface area contributed by atoms with Crippen LogP contribution < -0.4 is 4.90 Å². The van der Waals surface area contributed by atoms with Crippen LogP contribution in [-0.4, -0.2) is 20.9 Å². The van der Waals surface area contributed by atoms with Gasteiger partial charge in [0.15, 0.2) is 5.58 Å². The van der Waals surface area contributed by atoms with Crippen molar-refractivity contribution in [1.29, 1.82) is 0 Å². The molecule has 1 aromatic carbocycles. The van der Waals surface area contributed by atoms with E-state index in [1.165, 1.54) is 24.6 Å². The van der Waals surface area contributed by atoms with Crippen LogP contribution in [0.25, 0.3) is 11.1 Å². The van der Waals surface area contributed by atoms with Gasteiger partial charge in [0, 0.05) is 18.2 Å². The lowest BCUT2D eigenvalue weighted by Crippen LogP contribution is -2.37. The SMILES string of the molecule is O=C(C1CCCCC1)N(Cc1cnc[nH]1)c1nc2cc(F)ccc2o1. The number of fused-ring (bicyclic) bond motifs is 1. The summed E-state index contributed by atoms with van der Waals surface area (Å²) in [6.07, 6.45) is 8.30. The molecule has 0 spiro atoms. The molecular formula is C18H19FN4O2. The molecule has 130 valence electrons. The third-order valence-corrected chi connectivity index (χ3v) is 4.67. The average Bonchev–Trinajstić information content (AvgIpc) is 3.28. The summed E-state index contributed by atoms with van der Waals surface area (Å²) in [5.41, 5.74) is 1.65. The molecule has 4 rings (SSSR count). The van der Waals surface area contributed by atoms with Crippen LogP contribution in [0.3, 0.4) is 0 Å². The van der Waals surface area contributed by atoms with Crippen LogP contribution in [0.15, 0.2) is 35.1 Å². The number of carbonyl (C=O) groups excluding carboxylic acids is 1. The van der Waals surface area contributed by atoms with Crippen molar-refractivity contribution in [1.82, 2.24) is 15.0 Å². The molecule has 1 aliphatic rings. The normalized spacial score (nSPS) is 15.6. The molecule has 0 unspecified atom stereocenters. The monoisotopic (exact) mass is 342 g/mol. The van der Waals surface area contributed by atoms with E-state index in [0.717, 1.165) is 31.4 Å². The molecule has 1 amide bonds. The second-order valence-electron chi connectivity index (χ2n) is 6.44. The summed E-state index contributed by atoms with van der Waals surface area (Å²) >= 11 is 0. The second-order valence-corrected chi connectivity index (χ2v) is 6.44. The van der Waals surface area contributed by atoms with E-state index >= 15 is 0 Å². The fourth-order valence-corrected chi connectivity index (χ4v) is 3.36. The summed E-state index contributed by atoms with van der Waals surface area (Å²) in [5.74, 6) is -0.407. The van der Waals surface area contributed by atoms with Gasteiger partial charge in [-0.25, -0.2) is 9.37 Å². The van der Waals surface area contributed by atoms with Gasteiger partial charge in [-0.3, -0.25) is 9.69 Å². The lowest BCUT2D eigenvalue weighted by Gasteiger charge is -2.26. The van der Waals surface area contributed by atoms with Crippen molar-refractivity contribution >= 4 is 23.0 Å². The Hall–Kier alpha value is -2.70. The summed E-state index contributed by atoms with van der Waals surface area (Å²) in [6.45, 7) is 0.296. The van der Waals surface area contributed by atoms with E-state index in [4.69, 9.17) is 4.42 Å². The van der Waals surface area contributed by atoms with Crippen molar-refractivity contribution in [2.45, 2.75) is 38.6 Å². The fraction of sp³-hybridized carbons (Fsp3) is 0.389. The largest absolute Gasteiger partial charge is 0.423 e. The molecule has 0 aliphatic heterocycles. The highest BCUT2D eigenvalue weighted by molar-refractivity contribution is 5.94. The van der Waals surface area contributed by atoms with Crippen molar-refractivity contribution in [3.05, 3.63) is 42.2 Å². The average molecular weight is 342 g/mol. The minimum absolute atomic E-state index is 0.00123. The highest BCUT2D eigenvalue weighted by Gasteiger charge is 2.30. The van der Waals surface area contributed by atoms with Crippen LogP contribution in [0.2, 0.25) is 0 Å². The van der Waals surface area contributed by atoms with Gasteiger partial charge in [0.2, 0.25) is 5.91 Å². The first-order valence-corrected chi connectivity index (χ1v) is 8.55. The number of rotatable bonds is 4. The summed E-state index contributed by atoms with van der Waals surface area (Å²) in [7, 11) is 0. The number of hydrogen-bond donors (Lipinski definition) is 1. The van der Waals surface area contributed by atoms with Gasteiger partial charge in [0.05, 0.1) is 18.6 Å². The van der Waals surface area contributed by atoms with Crippen LogP contribution in [0.5, 0.6) is 0 Å². The van der Waals surface area contributed by atoms with Gasteiger partial charge in [0.25, 0.3) is 0 Å². The number of hydrogen-bond acceptors (Lipinski definition) is 4. The number of aromatic amines is 1. The van der Waals surface area contributed by atoms with Crippen LogP contribution in [0, 0.1) is 11.7 Å². The molecule has 7 heteroatoms. The molecular weight excluding hydrogens is 323 g/mol. The maximum atomic E-state index is 13.4. The van der Waals surface area contributed by atoms with E-state index in [0.29, 0.717) is 17.6 Å². The number of amides is 1. The Morgan fingerprint density at radius 1 is 1.32 bits per heavy atom. The zero-order valence-corrected chi connectivity index (χ0v) is 13.7. The molecule has 1 aliphatic carbocycles. The topological polar surface area (TPSA) is 75.0 Å². The summed E-state index contributed by atoms with van der Waals surface area (Å²) in [4.78, 5) is 26.0. The molecule has 0 radical (unpaired) electrons. The Morgan fingerprint density at radius 2 is 2.16 bits per heavy atom. The Morgan fingerprint density at radius 3 is 2.92 bits per heavy atom. The maximum Gasteiger partial charge on any atom is 0.305 e. The molecule has 0 bridgehead atoms. The molecule has 2 aromatic heterocycles. The second kappa shape index (κ2) is 6.66. The number of oxazole rings is 1. The Labute approximate surface area is 144 Å². The quantitative estimate of drug-likeness (QED) is 0.782. The summed E-state index contributed by atoms with van der Waals surface area (Å²) in [6, 6.07) is 4.35. The fourth-order valence-electron chi connectivity index (χ4n) is 3.36. The molecule has 1 saturated carbocycles. The number of nitrogens with one attached hydrogen (secondary N) is 1. The Bertz CT molecular complexity index is 868. The molecule has 1 fully saturated rings. The van der Waals surface area contributed by atoms with E-state index in [9.17, 15) is 9.18 Å². The Kier molecular flexibility index (Phi) is 4.21. The maximum absolute atomic E-state index is 13.4. The van der Waals surface area contributed by atoms with E-state index in [1.807, 2.05) is 0 Å². The molecule has 0 atom stereocenters. The van der Waals surface area contributed by atoms with Crippen LogP contribution in [-0.2, 0) is 11.3 Å². The van der Waals surface area contributed by atoms with Crippen molar-refractivity contribution in [3.63, 3.8) is 0 Å². The number of nitrogens with zero attached hydrogens (tertiary/aromatic N) is 3. The molecule has 0 saturated heterocycles. The lowest BCUT2D eigenvalue weighted by atomic mass is 9.88. The number of carbonyl (C=O) groups is 1. The molecule has 6 nitrogen and oxygen atoms in total. The molecule has 1 N–H and O–H groups in total. The van der Waals surface area contributed by atoms with Gasteiger partial charge in [0.1, 0.15) is 11.3 Å². The standard InChI is InChI=1S/C18H19FN4O2/c19-13-6-7-16-15(8-13)22-18(25-16)23(10-14-9-20-11-21-14)17(24)12-4-2-1-3-5-12/h6-9,11-12H,1-5,10H2,(H,20,21). The van der Waals surface area contributed by atoms with Crippen LogP contribution >= 0.6 is 0 Å². The zero-order chi connectivity index (χ0) is 17.2. The third-order valence-electron chi connectivity index (χ3n) is 4.67. The number of H-pyrrole nitrogens is 1. The number of benzene rings is 1. The van der Waals surface area contributed by atoms with Crippen molar-refractivity contribution < 1.29 is 13.6 Å². The first kappa shape index (κ1) is 15.8. The highest BCUT2D eigenvalue weighted by atomic mass is 19.1. The van der Waals surface area contributed by atoms with Gasteiger partial charge in [-0.15, -0.1) is 0 Å². The first-order valence-electron chi connectivity index (χ1n) is 8.55. The van der Waals surface area contributed by atoms with Gasteiger partial charge in [-0.1, -0.05) is 19.3 Å². The molecule has 2 heterocycles. The van der Waals surface area contributed by atoms with Gasteiger partial charge in [-0.05, 0) is 25.0 Å². The van der Waals surface area contributed by atoms with Crippen molar-refractivity contribution in [2.75, 3.05) is 4.90 Å². The van der Waals surface area contributed by atoms with Gasteiger partial charge >= 0.3 is 6.01 Å². The first-order chi connectivity index (χ1) is 12.2. The van der Waals surface area contributed by atoms with Crippen LogP contribution in [0.4, 0.5) is 10.4 Å². The van der Waals surface area contributed by atoms with E-state index in [1.54, 1.807) is 17.4 Å². The van der Waals surface area contributed by atoms with Crippen molar-refractivity contribution in [3.8, 4) is 0 Å². The summed E-state index contributed by atoms with van der Waals surface area (Å²) < 4.78 is 19.2. The Balaban J connectivity index is 1.68. The minimum atomic E-state index is -0.383. The van der Waals surface area contributed by atoms with Gasteiger partial charge < -0.3 is 9.40 Å². The van der Waals surface area contributed by atoms with Crippen molar-refractivity contribution in [2.24, 2.45) is 5.92 Å². The number of imidazole rings is 1. The third kappa shape index (κ3) is 3.26. The molecule has 25 heavy (non-hydrogen) atoms. The summed E-state index contributed by atoms with van der Waals surface area (Å²) in [5, 5.41) is 0. The number of aromatic nitrogens is 3. The van der Waals surface area contributed by atoms with E-state index in [2.05, 4.69) is 15.0 Å².